The highest BCUT2D eigenvalue weighted by Crippen LogP contribution is 2.19. The number of hydrogen-bond acceptors (Lipinski definition) is 4. The Kier molecular flexibility index (Phi) is 5.15. The summed E-state index contributed by atoms with van der Waals surface area (Å²) in [6.45, 7) is 5.68. The summed E-state index contributed by atoms with van der Waals surface area (Å²) in [6.07, 6.45) is 1.54. The molecule has 0 aliphatic carbocycles. The molecule has 2 N–H and O–H groups in total. The Morgan fingerprint density at radius 1 is 1.37 bits per heavy atom. The van der Waals surface area contributed by atoms with E-state index in [4.69, 9.17) is 4.74 Å². The highest BCUT2D eigenvalue weighted by Gasteiger charge is 2.35. The molecule has 1 atom stereocenters. The molecule has 108 valence electrons. The maximum atomic E-state index is 12.5. The molecule has 2 rings (SSSR count). The van der Waals surface area contributed by atoms with Crippen molar-refractivity contribution >= 4 is 11.8 Å². The Morgan fingerprint density at radius 2 is 2.11 bits per heavy atom. The van der Waals surface area contributed by atoms with Crippen molar-refractivity contribution in [3.8, 4) is 0 Å². The number of ether oxygens (including phenoxy) is 1. The van der Waals surface area contributed by atoms with Gasteiger partial charge in [-0.2, -0.15) is 0 Å². The van der Waals surface area contributed by atoms with Gasteiger partial charge < -0.3 is 20.3 Å². The summed E-state index contributed by atoms with van der Waals surface area (Å²) in [4.78, 5) is 26.3. The smallest absolute Gasteiger partial charge is 0.244 e. The van der Waals surface area contributed by atoms with Crippen molar-refractivity contribution in [2.75, 3.05) is 39.4 Å². The summed E-state index contributed by atoms with van der Waals surface area (Å²) in [5.41, 5.74) is 0. The minimum atomic E-state index is -0.371. The molecule has 0 aromatic rings. The number of piperazine rings is 1. The Hall–Kier alpha value is -1.14. The van der Waals surface area contributed by atoms with E-state index in [1.807, 2.05) is 6.92 Å². The summed E-state index contributed by atoms with van der Waals surface area (Å²) >= 11 is 0. The fourth-order valence-corrected chi connectivity index (χ4v) is 2.67. The molecule has 0 aromatic carbocycles. The van der Waals surface area contributed by atoms with Crippen molar-refractivity contribution in [1.82, 2.24) is 15.5 Å². The Morgan fingerprint density at radius 3 is 2.79 bits per heavy atom. The number of rotatable bonds is 3. The molecule has 6 nitrogen and oxygen atoms in total. The molecule has 6 heteroatoms. The molecule has 0 spiro atoms. The Bertz CT molecular complexity index is 329. The number of likely N-dealkylation sites (N-methyl/N-ethyl adjacent to an activating group) is 1. The first-order valence-electron chi connectivity index (χ1n) is 7.10. The zero-order chi connectivity index (χ0) is 13.7. The molecule has 0 bridgehead atoms. The van der Waals surface area contributed by atoms with Gasteiger partial charge in [0.25, 0.3) is 0 Å². The fraction of sp³-hybridized carbons (Fsp3) is 0.846. The van der Waals surface area contributed by atoms with E-state index >= 15 is 0 Å². The molecular formula is C13H23N3O3. The van der Waals surface area contributed by atoms with E-state index in [0.29, 0.717) is 32.8 Å². The molecule has 2 aliphatic heterocycles. The lowest BCUT2D eigenvalue weighted by atomic mass is 9.97. The van der Waals surface area contributed by atoms with E-state index < -0.39 is 0 Å². The number of carbonyl (C=O) groups excluding carboxylic acids is 2. The molecule has 0 aromatic heterocycles. The van der Waals surface area contributed by atoms with Crippen LogP contribution in [0.25, 0.3) is 0 Å². The lowest BCUT2D eigenvalue weighted by Crippen LogP contribution is -2.60. The number of hydrogen-bond donors (Lipinski definition) is 2. The van der Waals surface area contributed by atoms with Crippen LogP contribution in [0.4, 0.5) is 0 Å². The van der Waals surface area contributed by atoms with E-state index in [-0.39, 0.29) is 23.8 Å². The summed E-state index contributed by atoms with van der Waals surface area (Å²) in [5, 5.41) is 5.99. The lowest BCUT2D eigenvalue weighted by Gasteiger charge is -2.38. The molecule has 2 fully saturated rings. The zero-order valence-corrected chi connectivity index (χ0v) is 11.5. The van der Waals surface area contributed by atoms with Crippen molar-refractivity contribution in [3.05, 3.63) is 0 Å². The second-order valence-corrected chi connectivity index (χ2v) is 5.03. The minimum Gasteiger partial charge on any atom is -0.381 e. The predicted molar refractivity (Wildman–Crippen MR) is 70.6 cm³/mol. The molecule has 19 heavy (non-hydrogen) atoms. The summed E-state index contributed by atoms with van der Waals surface area (Å²) < 4.78 is 5.29. The predicted octanol–water partition coefficient (Wildman–Crippen LogP) is -0.650. The van der Waals surface area contributed by atoms with Crippen LogP contribution in [0.5, 0.6) is 0 Å². The van der Waals surface area contributed by atoms with Crippen LogP contribution in [0.2, 0.25) is 0 Å². The first-order chi connectivity index (χ1) is 9.24. The topological polar surface area (TPSA) is 70.7 Å². The standard InChI is InChI=1S/C13H23N3O3/c1-2-15-12(17)11-9-14-5-6-16(11)13(18)10-3-7-19-8-4-10/h10-11,14H,2-9H2,1H3,(H,15,17). The average molecular weight is 269 g/mol. The van der Waals surface area contributed by atoms with Crippen LogP contribution in [0.15, 0.2) is 0 Å². The summed E-state index contributed by atoms with van der Waals surface area (Å²) in [6, 6.07) is -0.371. The highest BCUT2D eigenvalue weighted by molar-refractivity contribution is 5.89. The van der Waals surface area contributed by atoms with Gasteiger partial charge in [0, 0.05) is 45.3 Å². The van der Waals surface area contributed by atoms with Gasteiger partial charge in [-0.1, -0.05) is 0 Å². The summed E-state index contributed by atoms with van der Waals surface area (Å²) in [5.74, 6) is 0.0694. The van der Waals surface area contributed by atoms with Crippen LogP contribution in [0.1, 0.15) is 19.8 Å². The van der Waals surface area contributed by atoms with Gasteiger partial charge in [-0.15, -0.1) is 0 Å². The van der Waals surface area contributed by atoms with E-state index in [0.717, 1.165) is 19.4 Å². The largest absolute Gasteiger partial charge is 0.381 e. The molecule has 0 saturated carbocycles. The van der Waals surface area contributed by atoms with Gasteiger partial charge in [0.2, 0.25) is 11.8 Å². The van der Waals surface area contributed by atoms with E-state index in [1.54, 1.807) is 4.90 Å². The first-order valence-corrected chi connectivity index (χ1v) is 7.10. The van der Waals surface area contributed by atoms with Crippen molar-refractivity contribution in [1.29, 1.82) is 0 Å². The minimum absolute atomic E-state index is 0.0174. The third-order valence-corrected chi connectivity index (χ3v) is 3.75. The zero-order valence-electron chi connectivity index (χ0n) is 11.5. The monoisotopic (exact) mass is 269 g/mol. The van der Waals surface area contributed by atoms with E-state index in [2.05, 4.69) is 10.6 Å². The van der Waals surface area contributed by atoms with Crippen molar-refractivity contribution in [2.24, 2.45) is 5.92 Å². The number of amides is 2. The lowest BCUT2D eigenvalue weighted by molar-refractivity contribution is -0.147. The Labute approximate surface area is 113 Å². The van der Waals surface area contributed by atoms with Gasteiger partial charge in [-0.05, 0) is 19.8 Å². The van der Waals surface area contributed by atoms with Crippen LogP contribution < -0.4 is 10.6 Å². The summed E-state index contributed by atoms with van der Waals surface area (Å²) in [7, 11) is 0. The Balaban J connectivity index is 2.01. The second kappa shape index (κ2) is 6.86. The van der Waals surface area contributed by atoms with Crippen LogP contribution >= 0.6 is 0 Å². The highest BCUT2D eigenvalue weighted by atomic mass is 16.5. The maximum absolute atomic E-state index is 12.5. The fourth-order valence-electron chi connectivity index (χ4n) is 2.67. The van der Waals surface area contributed by atoms with Crippen LogP contribution in [-0.4, -0.2) is 62.1 Å². The van der Waals surface area contributed by atoms with Crippen molar-refractivity contribution < 1.29 is 14.3 Å². The third-order valence-electron chi connectivity index (χ3n) is 3.75. The van der Waals surface area contributed by atoms with Crippen LogP contribution in [-0.2, 0) is 14.3 Å². The van der Waals surface area contributed by atoms with Gasteiger partial charge in [-0.3, -0.25) is 9.59 Å². The maximum Gasteiger partial charge on any atom is 0.244 e. The normalized spacial score (nSPS) is 25.1. The van der Waals surface area contributed by atoms with E-state index in [1.165, 1.54) is 0 Å². The third kappa shape index (κ3) is 3.45. The second-order valence-electron chi connectivity index (χ2n) is 5.03. The van der Waals surface area contributed by atoms with Gasteiger partial charge in [-0.25, -0.2) is 0 Å². The van der Waals surface area contributed by atoms with Crippen molar-refractivity contribution in [3.63, 3.8) is 0 Å². The molecule has 1 unspecified atom stereocenters. The molecule has 0 radical (unpaired) electrons. The molecule has 2 saturated heterocycles. The van der Waals surface area contributed by atoms with Crippen molar-refractivity contribution in [2.45, 2.75) is 25.8 Å². The van der Waals surface area contributed by atoms with E-state index in [9.17, 15) is 9.59 Å². The number of carbonyl (C=O) groups is 2. The van der Waals surface area contributed by atoms with Gasteiger partial charge >= 0.3 is 0 Å². The number of nitrogens with one attached hydrogen (secondary N) is 2. The molecule has 2 amide bonds. The molecule has 2 aliphatic rings. The van der Waals surface area contributed by atoms with Gasteiger partial charge in [0.15, 0.2) is 0 Å². The quantitative estimate of drug-likeness (QED) is 0.714. The van der Waals surface area contributed by atoms with Crippen LogP contribution in [0, 0.1) is 5.92 Å². The van der Waals surface area contributed by atoms with Gasteiger partial charge in [0.1, 0.15) is 6.04 Å². The average Bonchev–Trinajstić information content (AvgIpc) is 2.47. The first kappa shape index (κ1) is 14.3. The number of nitrogens with zero attached hydrogens (tertiary/aromatic N) is 1. The van der Waals surface area contributed by atoms with Crippen LogP contribution in [0.3, 0.4) is 0 Å². The molecular weight excluding hydrogens is 246 g/mol. The van der Waals surface area contributed by atoms with Gasteiger partial charge in [0.05, 0.1) is 0 Å². The molecule has 2 heterocycles. The SMILES string of the molecule is CCNC(=O)C1CNCCN1C(=O)C1CCOCC1.